The molecule has 0 bridgehead atoms. The molecule has 1 N–H and O–H groups in total. The molecule has 1 aromatic rings. The first-order chi connectivity index (χ1) is 10.4. The van der Waals surface area contributed by atoms with Crippen molar-refractivity contribution >= 4 is 15.9 Å². The number of aryl methyl sites for hydroxylation is 1. The lowest BCUT2D eigenvalue weighted by atomic mass is 9.91. The van der Waals surface area contributed by atoms with Crippen LogP contribution in [0, 0.1) is 12.3 Å². The van der Waals surface area contributed by atoms with Gasteiger partial charge < -0.3 is 5.32 Å². The van der Waals surface area contributed by atoms with Gasteiger partial charge in [-0.3, -0.25) is 4.79 Å². The lowest BCUT2D eigenvalue weighted by molar-refractivity contribution is 0.0951. The Bertz CT molecular complexity index is 659. The standard InChI is InChI=1S/C17H28N2O3S/c1-13-8-9-14(12-15(13)23(21,22)19(5)6)16(20)18-11-7-10-17(2,3)4/h8-9,12H,7,10-11H2,1-6H3,(H,18,20). The Morgan fingerprint density at radius 2 is 1.83 bits per heavy atom. The number of benzene rings is 1. The molecule has 0 aliphatic heterocycles. The summed E-state index contributed by atoms with van der Waals surface area (Å²) >= 11 is 0. The van der Waals surface area contributed by atoms with Crippen LogP contribution >= 0.6 is 0 Å². The molecule has 0 unspecified atom stereocenters. The predicted molar refractivity (Wildman–Crippen MR) is 93.1 cm³/mol. The first-order valence-corrected chi connectivity index (χ1v) is 9.20. The number of carbonyl (C=O) groups is 1. The molecule has 0 atom stereocenters. The lowest BCUT2D eigenvalue weighted by Gasteiger charge is -2.18. The van der Waals surface area contributed by atoms with Crippen molar-refractivity contribution in [3.05, 3.63) is 29.3 Å². The quantitative estimate of drug-likeness (QED) is 0.810. The molecule has 0 saturated heterocycles. The molecule has 23 heavy (non-hydrogen) atoms. The van der Waals surface area contributed by atoms with Crippen LogP contribution in [-0.2, 0) is 10.0 Å². The topological polar surface area (TPSA) is 66.5 Å². The Kier molecular flexibility index (Phi) is 6.36. The molecule has 0 aliphatic carbocycles. The summed E-state index contributed by atoms with van der Waals surface area (Å²) in [5.41, 5.74) is 1.23. The van der Waals surface area contributed by atoms with Gasteiger partial charge in [0.1, 0.15) is 0 Å². The van der Waals surface area contributed by atoms with E-state index in [4.69, 9.17) is 0 Å². The molecular weight excluding hydrogens is 312 g/mol. The lowest BCUT2D eigenvalue weighted by Crippen LogP contribution is -2.27. The van der Waals surface area contributed by atoms with E-state index in [0.29, 0.717) is 17.7 Å². The second-order valence-electron chi connectivity index (χ2n) is 7.19. The normalized spacial score (nSPS) is 12.5. The summed E-state index contributed by atoms with van der Waals surface area (Å²) in [7, 11) is -0.594. The van der Waals surface area contributed by atoms with Crippen molar-refractivity contribution in [3.63, 3.8) is 0 Å². The molecule has 0 heterocycles. The maximum absolute atomic E-state index is 12.3. The Labute approximate surface area is 140 Å². The van der Waals surface area contributed by atoms with Crippen LogP contribution in [0.2, 0.25) is 0 Å². The highest BCUT2D eigenvalue weighted by molar-refractivity contribution is 7.89. The van der Waals surface area contributed by atoms with Crippen molar-refractivity contribution in [1.82, 2.24) is 9.62 Å². The molecule has 1 rings (SSSR count). The van der Waals surface area contributed by atoms with Crippen LogP contribution in [0.1, 0.15) is 49.5 Å². The minimum Gasteiger partial charge on any atom is -0.352 e. The van der Waals surface area contributed by atoms with Crippen molar-refractivity contribution < 1.29 is 13.2 Å². The van der Waals surface area contributed by atoms with Gasteiger partial charge in [0.2, 0.25) is 10.0 Å². The van der Waals surface area contributed by atoms with Gasteiger partial charge in [0.25, 0.3) is 5.91 Å². The summed E-state index contributed by atoms with van der Waals surface area (Å²) in [5, 5.41) is 2.85. The second-order valence-corrected chi connectivity index (χ2v) is 9.31. The number of nitrogens with one attached hydrogen (secondary N) is 1. The van der Waals surface area contributed by atoms with E-state index in [1.54, 1.807) is 19.1 Å². The van der Waals surface area contributed by atoms with Crippen molar-refractivity contribution in [3.8, 4) is 0 Å². The minimum atomic E-state index is -3.55. The Hall–Kier alpha value is -1.40. The van der Waals surface area contributed by atoms with Gasteiger partial charge in [0.15, 0.2) is 0 Å². The summed E-state index contributed by atoms with van der Waals surface area (Å²) in [6.45, 7) is 8.79. The molecule has 0 aliphatic rings. The van der Waals surface area contributed by atoms with Gasteiger partial charge in [-0.25, -0.2) is 12.7 Å². The zero-order valence-corrected chi connectivity index (χ0v) is 15.8. The van der Waals surface area contributed by atoms with Crippen molar-refractivity contribution in [2.24, 2.45) is 5.41 Å². The number of hydrogen-bond acceptors (Lipinski definition) is 3. The van der Waals surface area contributed by atoms with Crippen molar-refractivity contribution in [1.29, 1.82) is 0 Å². The number of rotatable bonds is 6. The average molecular weight is 340 g/mol. The van der Waals surface area contributed by atoms with Crippen LogP contribution in [0.5, 0.6) is 0 Å². The predicted octanol–water partition coefficient (Wildman–Crippen LogP) is 2.80. The molecule has 5 nitrogen and oxygen atoms in total. The Morgan fingerprint density at radius 1 is 1.22 bits per heavy atom. The Morgan fingerprint density at radius 3 is 2.35 bits per heavy atom. The minimum absolute atomic E-state index is 0.171. The third kappa shape index (κ3) is 5.62. The number of sulfonamides is 1. The van der Waals surface area contributed by atoms with E-state index in [9.17, 15) is 13.2 Å². The molecule has 6 heteroatoms. The monoisotopic (exact) mass is 340 g/mol. The first-order valence-electron chi connectivity index (χ1n) is 7.76. The molecule has 130 valence electrons. The van der Waals surface area contributed by atoms with E-state index >= 15 is 0 Å². The van der Waals surface area contributed by atoms with Crippen LogP contribution in [0.3, 0.4) is 0 Å². The average Bonchev–Trinajstić information content (AvgIpc) is 2.42. The largest absolute Gasteiger partial charge is 0.352 e. The van der Waals surface area contributed by atoms with Gasteiger partial charge in [-0.05, 0) is 42.9 Å². The van der Waals surface area contributed by atoms with Crippen LogP contribution in [0.15, 0.2) is 23.1 Å². The fourth-order valence-corrected chi connectivity index (χ4v) is 3.28. The Balaban J connectivity index is 2.84. The highest BCUT2D eigenvalue weighted by Gasteiger charge is 2.21. The SMILES string of the molecule is Cc1ccc(C(=O)NCCCC(C)(C)C)cc1S(=O)(=O)N(C)C. The van der Waals surface area contributed by atoms with E-state index in [2.05, 4.69) is 26.1 Å². The van der Waals surface area contributed by atoms with E-state index < -0.39 is 10.0 Å². The summed E-state index contributed by atoms with van der Waals surface area (Å²) in [6, 6.07) is 4.77. The molecule has 0 fully saturated rings. The van der Waals surface area contributed by atoms with Crippen LogP contribution in [0.25, 0.3) is 0 Å². The van der Waals surface area contributed by atoms with Gasteiger partial charge in [-0.15, -0.1) is 0 Å². The summed E-state index contributed by atoms with van der Waals surface area (Å²) in [6.07, 6.45) is 1.91. The molecule has 0 saturated carbocycles. The molecule has 1 amide bonds. The number of nitrogens with zero attached hydrogens (tertiary/aromatic N) is 1. The summed E-state index contributed by atoms with van der Waals surface area (Å²) in [5.74, 6) is -0.242. The number of hydrogen-bond donors (Lipinski definition) is 1. The molecular formula is C17H28N2O3S. The number of amides is 1. The van der Waals surface area contributed by atoms with Crippen LogP contribution in [-0.4, -0.2) is 39.3 Å². The maximum Gasteiger partial charge on any atom is 0.251 e. The zero-order chi connectivity index (χ0) is 17.8. The fourth-order valence-electron chi connectivity index (χ4n) is 2.14. The summed E-state index contributed by atoms with van der Waals surface area (Å²) < 4.78 is 25.7. The summed E-state index contributed by atoms with van der Waals surface area (Å²) in [4.78, 5) is 12.4. The van der Waals surface area contributed by atoms with Crippen molar-refractivity contribution in [2.45, 2.75) is 45.4 Å². The van der Waals surface area contributed by atoms with Gasteiger partial charge in [0.05, 0.1) is 4.90 Å². The molecule has 1 aromatic carbocycles. The smallest absolute Gasteiger partial charge is 0.251 e. The fraction of sp³-hybridized carbons (Fsp3) is 0.588. The van der Waals surface area contributed by atoms with E-state index in [1.807, 2.05) is 0 Å². The number of carbonyl (C=O) groups excluding carboxylic acids is 1. The first kappa shape index (κ1) is 19.6. The van der Waals surface area contributed by atoms with Gasteiger partial charge in [-0.1, -0.05) is 26.8 Å². The van der Waals surface area contributed by atoms with Crippen LogP contribution in [0.4, 0.5) is 0 Å². The second kappa shape index (κ2) is 7.45. The van der Waals surface area contributed by atoms with Gasteiger partial charge in [-0.2, -0.15) is 0 Å². The highest BCUT2D eigenvalue weighted by atomic mass is 32.2. The van der Waals surface area contributed by atoms with Gasteiger partial charge in [0, 0.05) is 26.2 Å². The van der Waals surface area contributed by atoms with E-state index in [1.165, 1.54) is 20.2 Å². The maximum atomic E-state index is 12.3. The van der Waals surface area contributed by atoms with Crippen LogP contribution < -0.4 is 5.32 Å². The van der Waals surface area contributed by atoms with E-state index in [-0.39, 0.29) is 16.2 Å². The third-order valence-corrected chi connectivity index (χ3v) is 5.56. The molecule has 0 spiro atoms. The van der Waals surface area contributed by atoms with Gasteiger partial charge >= 0.3 is 0 Å². The highest BCUT2D eigenvalue weighted by Crippen LogP contribution is 2.21. The molecule has 0 aromatic heterocycles. The van der Waals surface area contributed by atoms with Crippen molar-refractivity contribution in [2.75, 3.05) is 20.6 Å². The van der Waals surface area contributed by atoms with E-state index in [0.717, 1.165) is 17.1 Å². The third-order valence-electron chi connectivity index (χ3n) is 3.60. The zero-order valence-electron chi connectivity index (χ0n) is 14.9. The molecule has 0 radical (unpaired) electrons.